The van der Waals surface area contributed by atoms with E-state index in [9.17, 15) is 9.59 Å². The van der Waals surface area contributed by atoms with Gasteiger partial charge in [0, 0.05) is 11.1 Å². The van der Waals surface area contributed by atoms with E-state index in [1.807, 2.05) is 12.1 Å². The van der Waals surface area contributed by atoms with Crippen LogP contribution in [-0.4, -0.2) is 11.6 Å². The first-order valence-corrected chi connectivity index (χ1v) is 6.23. The molecule has 2 aromatic rings. The van der Waals surface area contributed by atoms with E-state index >= 15 is 0 Å². The number of ketones is 2. The Morgan fingerprint density at radius 3 is 1.32 bits per heavy atom. The van der Waals surface area contributed by atoms with Crippen molar-refractivity contribution in [1.29, 1.82) is 0 Å². The first kappa shape index (κ1) is 13.2. The minimum atomic E-state index is -1.05. The fourth-order valence-corrected chi connectivity index (χ4v) is 2.00. The Balaban J connectivity index is 2.33. The SMILES string of the molecule is CC(C)(C(=O)c1ccccc1)C(=O)c1ccccc1. The van der Waals surface area contributed by atoms with Crippen molar-refractivity contribution in [2.24, 2.45) is 5.41 Å². The molecule has 96 valence electrons. The average molecular weight is 252 g/mol. The third-order valence-corrected chi connectivity index (χ3v) is 3.21. The maximum Gasteiger partial charge on any atom is 0.176 e. The number of carbonyl (C=O) groups excluding carboxylic acids is 2. The minimum absolute atomic E-state index is 0.151. The predicted octanol–water partition coefficient (Wildman–Crippen LogP) is 3.78. The largest absolute Gasteiger partial charge is 0.293 e. The third-order valence-electron chi connectivity index (χ3n) is 3.21. The molecule has 0 saturated heterocycles. The molecule has 0 aromatic heterocycles. The minimum Gasteiger partial charge on any atom is -0.293 e. The van der Waals surface area contributed by atoms with Crippen LogP contribution in [-0.2, 0) is 0 Å². The first-order valence-electron chi connectivity index (χ1n) is 6.23. The van der Waals surface area contributed by atoms with E-state index in [0.29, 0.717) is 11.1 Å². The highest BCUT2D eigenvalue weighted by Crippen LogP contribution is 2.26. The molecule has 0 aliphatic carbocycles. The number of carbonyl (C=O) groups is 2. The molecular formula is C17H16O2. The van der Waals surface area contributed by atoms with Crippen molar-refractivity contribution in [2.45, 2.75) is 13.8 Å². The smallest absolute Gasteiger partial charge is 0.176 e. The van der Waals surface area contributed by atoms with E-state index in [2.05, 4.69) is 0 Å². The van der Waals surface area contributed by atoms with Gasteiger partial charge >= 0.3 is 0 Å². The molecular weight excluding hydrogens is 236 g/mol. The molecule has 0 N–H and O–H groups in total. The summed E-state index contributed by atoms with van der Waals surface area (Å²) in [5.41, 5.74) is 0.0801. The molecule has 19 heavy (non-hydrogen) atoms. The van der Waals surface area contributed by atoms with Gasteiger partial charge in [-0.1, -0.05) is 60.7 Å². The summed E-state index contributed by atoms with van der Waals surface area (Å²) in [6, 6.07) is 17.9. The number of hydrogen-bond acceptors (Lipinski definition) is 2. The van der Waals surface area contributed by atoms with Crippen LogP contribution in [0.1, 0.15) is 34.6 Å². The summed E-state index contributed by atoms with van der Waals surface area (Å²) in [4.78, 5) is 24.9. The third kappa shape index (κ3) is 2.63. The van der Waals surface area contributed by atoms with Crippen molar-refractivity contribution in [3.8, 4) is 0 Å². The summed E-state index contributed by atoms with van der Waals surface area (Å²) in [6.45, 7) is 3.36. The van der Waals surface area contributed by atoms with Crippen LogP contribution < -0.4 is 0 Å². The van der Waals surface area contributed by atoms with Crippen LogP contribution in [0.5, 0.6) is 0 Å². The monoisotopic (exact) mass is 252 g/mol. The molecule has 0 atom stereocenters. The first-order chi connectivity index (χ1) is 9.03. The van der Waals surface area contributed by atoms with Gasteiger partial charge in [-0.05, 0) is 13.8 Å². The second-order valence-electron chi connectivity index (χ2n) is 5.02. The van der Waals surface area contributed by atoms with Crippen molar-refractivity contribution in [1.82, 2.24) is 0 Å². The van der Waals surface area contributed by atoms with E-state index in [1.54, 1.807) is 62.4 Å². The Hall–Kier alpha value is -2.22. The molecule has 0 bridgehead atoms. The van der Waals surface area contributed by atoms with Crippen LogP contribution in [0.2, 0.25) is 0 Å². The highest BCUT2D eigenvalue weighted by molar-refractivity contribution is 6.19. The summed E-state index contributed by atoms with van der Waals surface area (Å²) in [5, 5.41) is 0. The van der Waals surface area contributed by atoms with Gasteiger partial charge in [-0.15, -0.1) is 0 Å². The van der Waals surface area contributed by atoms with E-state index in [1.165, 1.54) is 0 Å². The molecule has 2 nitrogen and oxygen atoms in total. The summed E-state index contributed by atoms with van der Waals surface area (Å²) < 4.78 is 0. The topological polar surface area (TPSA) is 34.1 Å². The molecule has 0 aliphatic rings. The highest BCUT2D eigenvalue weighted by atomic mass is 16.2. The summed E-state index contributed by atoms with van der Waals surface area (Å²) >= 11 is 0. The van der Waals surface area contributed by atoms with Gasteiger partial charge in [0.2, 0.25) is 0 Å². The molecule has 0 unspecified atom stereocenters. The summed E-state index contributed by atoms with van der Waals surface area (Å²) in [7, 11) is 0. The van der Waals surface area contributed by atoms with Crippen molar-refractivity contribution < 1.29 is 9.59 Å². The predicted molar refractivity (Wildman–Crippen MR) is 75.3 cm³/mol. The lowest BCUT2D eigenvalue weighted by Crippen LogP contribution is -2.33. The quantitative estimate of drug-likeness (QED) is 0.613. The van der Waals surface area contributed by atoms with E-state index in [-0.39, 0.29) is 11.6 Å². The lowest BCUT2D eigenvalue weighted by atomic mass is 9.78. The number of benzene rings is 2. The number of Topliss-reactive ketones (excluding diaryl/α,β-unsaturated/α-hetero) is 2. The van der Waals surface area contributed by atoms with Crippen LogP contribution in [0.3, 0.4) is 0 Å². The normalized spacial score (nSPS) is 11.1. The molecule has 0 heterocycles. The van der Waals surface area contributed by atoms with Gasteiger partial charge in [-0.25, -0.2) is 0 Å². The average Bonchev–Trinajstić information content (AvgIpc) is 2.47. The number of hydrogen-bond donors (Lipinski definition) is 0. The standard InChI is InChI=1S/C17H16O2/c1-17(2,15(18)13-9-5-3-6-10-13)16(19)14-11-7-4-8-12-14/h3-12H,1-2H3. The summed E-state index contributed by atoms with van der Waals surface area (Å²) in [6.07, 6.45) is 0. The van der Waals surface area contributed by atoms with E-state index in [0.717, 1.165) is 0 Å². The molecule has 2 aromatic carbocycles. The van der Waals surface area contributed by atoms with Crippen molar-refractivity contribution in [3.63, 3.8) is 0 Å². The van der Waals surface area contributed by atoms with Gasteiger partial charge in [0.1, 0.15) is 0 Å². The second kappa shape index (κ2) is 5.19. The van der Waals surface area contributed by atoms with Crippen LogP contribution in [0.15, 0.2) is 60.7 Å². The van der Waals surface area contributed by atoms with Crippen LogP contribution in [0.4, 0.5) is 0 Å². The molecule has 0 fully saturated rings. The maximum absolute atomic E-state index is 12.5. The zero-order chi connectivity index (χ0) is 13.9. The zero-order valence-corrected chi connectivity index (χ0v) is 11.1. The van der Waals surface area contributed by atoms with E-state index in [4.69, 9.17) is 0 Å². The van der Waals surface area contributed by atoms with Crippen LogP contribution in [0.25, 0.3) is 0 Å². The maximum atomic E-state index is 12.5. The fraction of sp³-hybridized carbons (Fsp3) is 0.176. The number of rotatable bonds is 4. The Morgan fingerprint density at radius 1 is 0.684 bits per heavy atom. The second-order valence-corrected chi connectivity index (χ2v) is 5.02. The van der Waals surface area contributed by atoms with Gasteiger partial charge in [-0.3, -0.25) is 9.59 Å². The zero-order valence-electron chi connectivity index (χ0n) is 11.1. The van der Waals surface area contributed by atoms with Crippen LogP contribution >= 0.6 is 0 Å². The van der Waals surface area contributed by atoms with Gasteiger partial charge in [-0.2, -0.15) is 0 Å². The fourth-order valence-electron chi connectivity index (χ4n) is 2.00. The van der Waals surface area contributed by atoms with Gasteiger partial charge in [0.05, 0.1) is 5.41 Å². The molecule has 0 saturated carbocycles. The molecule has 0 amide bonds. The highest BCUT2D eigenvalue weighted by Gasteiger charge is 2.36. The Labute approximate surface area is 113 Å². The van der Waals surface area contributed by atoms with Crippen LogP contribution in [0, 0.1) is 5.41 Å². The molecule has 2 heteroatoms. The van der Waals surface area contributed by atoms with Gasteiger partial charge in [0.25, 0.3) is 0 Å². The Kier molecular flexibility index (Phi) is 3.61. The Morgan fingerprint density at radius 2 is 1.00 bits per heavy atom. The Bertz CT molecular complexity index is 530. The lowest BCUT2D eigenvalue weighted by Gasteiger charge is -2.21. The van der Waals surface area contributed by atoms with Crippen molar-refractivity contribution >= 4 is 11.6 Å². The molecule has 0 aliphatic heterocycles. The summed E-state index contributed by atoms with van der Waals surface area (Å²) in [5.74, 6) is -0.302. The van der Waals surface area contributed by atoms with Crippen molar-refractivity contribution in [2.75, 3.05) is 0 Å². The molecule has 0 spiro atoms. The van der Waals surface area contributed by atoms with E-state index < -0.39 is 5.41 Å². The van der Waals surface area contributed by atoms with Gasteiger partial charge in [0.15, 0.2) is 11.6 Å². The molecule has 0 radical (unpaired) electrons. The van der Waals surface area contributed by atoms with Gasteiger partial charge < -0.3 is 0 Å². The lowest BCUT2D eigenvalue weighted by molar-refractivity contribution is 0.0711. The van der Waals surface area contributed by atoms with Crippen molar-refractivity contribution in [3.05, 3.63) is 71.8 Å². The molecule has 2 rings (SSSR count).